The summed E-state index contributed by atoms with van der Waals surface area (Å²) in [5.41, 5.74) is 6.42. The van der Waals surface area contributed by atoms with Gasteiger partial charge in [-0.15, -0.1) is 0 Å². The molecule has 5 nitrogen and oxygen atoms in total. The molecule has 5 heteroatoms. The van der Waals surface area contributed by atoms with Crippen LogP contribution < -0.4 is 11.1 Å². The van der Waals surface area contributed by atoms with Crippen molar-refractivity contribution < 1.29 is 9.32 Å². The number of aromatic nitrogens is 1. The van der Waals surface area contributed by atoms with E-state index in [1.165, 1.54) is 0 Å². The number of amides is 1. The van der Waals surface area contributed by atoms with Crippen LogP contribution in [-0.4, -0.2) is 17.1 Å². The second kappa shape index (κ2) is 4.93. The van der Waals surface area contributed by atoms with Gasteiger partial charge in [0, 0.05) is 6.07 Å². The molecular weight excluding hydrogens is 194 g/mol. The van der Waals surface area contributed by atoms with Crippen LogP contribution in [0.4, 0.5) is 5.88 Å². The Morgan fingerprint density at radius 1 is 1.67 bits per heavy atom. The van der Waals surface area contributed by atoms with Crippen LogP contribution in [0.15, 0.2) is 10.6 Å². The van der Waals surface area contributed by atoms with E-state index in [1.807, 2.05) is 13.8 Å². The van der Waals surface area contributed by atoms with E-state index in [-0.39, 0.29) is 5.91 Å². The molecule has 1 heterocycles. The van der Waals surface area contributed by atoms with Crippen LogP contribution in [0, 0.1) is 12.8 Å². The second-order valence-electron chi connectivity index (χ2n) is 4.06. The molecule has 0 aliphatic carbocycles. The Hall–Kier alpha value is -1.36. The van der Waals surface area contributed by atoms with Crippen molar-refractivity contribution in [2.45, 2.75) is 33.2 Å². The zero-order valence-electron chi connectivity index (χ0n) is 9.28. The van der Waals surface area contributed by atoms with Gasteiger partial charge in [-0.3, -0.25) is 10.1 Å². The van der Waals surface area contributed by atoms with Crippen molar-refractivity contribution in [3.05, 3.63) is 11.8 Å². The first-order valence-corrected chi connectivity index (χ1v) is 4.98. The normalized spacial score (nSPS) is 12.9. The molecule has 1 amide bonds. The smallest absolute Gasteiger partial charge is 0.243 e. The van der Waals surface area contributed by atoms with Gasteiger partial charge in [0.05, 0.1) is 11.7 Å². The number of aryl methyl sites for hydroxylation is 1. The molecule has 1 atom stereocenters. The fourth-order valence-corrected chi connectivity index (χ4v) is 1.25. The third-order valence-corrected chi connectivity index (χ3v) is 1.94. The van der Waals surface area contributed by atoms with Crippen LogP contribution in [0.25, 0.3) is 0 Å². The molecule has 0 radical (unpaired) electrons. The van der Waals surface area contributed by atoms with Crippen molar-refractivity contribution in [1.29, 1.82) is 0 Å². The molecule has 0 saturated carbocycles. The van der Waals surface area contributed by atoms with Gasteiger partial charge in [0.1, 0.15) is 0 Å². The van der Waals surface area contributed by atoms with E-state index >= 15 is 0 Å². The molecule has 0 aliphatic rings. The molecule has 0 fully saturated rings. The number of nitrogens with two attached hydrogens (primary N) is 1. The highest BCUT2D eigenvalue weighted by atomic mass is 16.5. The van der Waals surface area contributed by atoms with Gasteiger partial charge in [0.2, 0.25) is 11.8 Å². The zero-order valence-corrected chi connectivity index (χ0v) is 9.28. The number of carbonyl (C=O) groups is 1. The van der Waals surface area contributed by atoms with E-state index in [4.69, 9.17) is 10.3 Å². The van der Waals surface area contributed by atoms with Gasteiger partial charge in [-0.25, -0.2) is 0 Å². The molecule has 0 aromatic carbocycles. The van der Waals surface area contributed by atoms with Crippen molar-refractivity contribution >= 4 is 11.8 Å². The first-order valence-electron chi connectivity index (χ1n) is 4.98. The summed E-state index contributed by atoms with van der Waals surface area (Å²) >= 11 is 0. The maximum absolute atomic E-state index is 11.5. The standard InChI is InChI=1S/C10H17N3O2/c1-6(2)4-8(11)10(14)12-9-5-7(3)13-15-9/h5-6,8H,4,11H2,1-3H3,(H,12,14)/t8-/m0/s1. The average molecular weight is 211 g/mol. The van der Waals surface area contributed by atoms with Crippen molar-refractivity contribution in [3.63, 3.8) is 0 Å². The van der Waals surface area contributed by atoms with Gasteiger partial charge in [-0.2, -0.15) is 0 Å². The number of anilines is 1. The summed E-state index contributed by atoms with van der Waals surface area (Å²) in [6.07, 6.45) is 0.652. The minimum absolute atomic E-state index is 0.236. The van der Waals surface area contributed by atoms with Crippen LogP contribution in [-0.2, 0) is 4.79 Å². The second-order valence-corrected chi connectivity index (χ2v) is 4.06. The predicted molar refractivity (Wildman–Crippen MR) is 57.3 cm³/mol. The first-order chi connectivity index (χ1) is 6.99. The molecule has 1 aromatic heterocycles. The lowest BCUT2D eigenvalue weighted by Crippen LogP contribution is -2.36. The average Bonchev–Trinajstić information content (AvgIpc) is 2.50. The minimum atomic E-state index is -0.504. The van der Waals surface area contributed by atoms with Gasteiger partial charge in [-0.1, -0.05) is 19.0 Å². The van der Waals surface area contributed by atoms with Crippen molar-refractivity contribution in [2.75, 3.05) is 5.32 Å². The Morgan fingerprint density at radius 2 is 2.33 bits per heavy atom. The topological polar surface area (TPSA) is 81.2 Å². The fourth-order valence-electron chi connectivity index (χ4n) is 1.25. The SMILES string of the molecule is Cc1cc(NC(=O)[C@@H](N)CC(C)C)on1. The van der Waals surface area contributed by atoms with E-state index in [9.17, 15) is 4.79 Å². The lowest BCUT2D eigenvalue weighted by Gasteiger charge is -2.12. The minimum Gasteiger partial charge on any atom is -0.338 e. The summed E-state index contributed by atoms with van der Waals surface area (Å²) in [6, 6.07) is 1.15. The Morgan fingerprint density at radius 3 is 2.80 bits per heavy atom. The Balaban J connectivity index is 2.48. The summed E-state index contributed by atoms with van der Waals surface area (Å²) in [4.78, 5) is 11.5. The van der Waals surface area contributed by atoms with Crippen LogP contribution >= 0.6 is 0 Å². The van der Waals surface area contributed by atoms with Gasteiger partial charge in [0.15, 0.2) is 0 Å². The van der Waals surface area contributed by atoms with E-state index < -0.39 is 6.04 Å². The van der Waals surface area contributed by atoms with Crippen LogP contribution in [0.5, 0.6) is 0 Å². The summed E-state index contributed by atoms with van der Waals surface area (Å²) in [5, 5.41) is 6.23. The predicted octanol–water partition coefficient (Wildman–Crippen LogP) is 1.29. The number of nitrogens with one attached hydrogen (secondary N) is 1. The Kier molecular flexibility index (Phi) is 3.85. The summed E-state index contributed by atoms with van der Waals surface area (Å²) in [7, 11) is 0. The molecule has 1 aromatic rings. The molecule has 0 bridgehead atoms. The van der Waals surface area contributed by atoms with Gasteiger partial charge in [0.25, 0.3) is 0 Å². The molecule has 3 N–H and O–H groups in total. The van der Waals surface area contributed by atoms with E-state index in [1.54, 1.807) is 13.0 Å². The first kappa shape index (κ1) is 11.7. The maximum Gasteiger partial charge on any atom is 0.243 e. The van der Waals surface area contributed by atoms with Crippen molar-refractivity contribution in [3.8, 4) is 0 Å². The molecule has 0 spiro atoms. The van der Waals surface area contributed by atoms with Crippen molar-refractivity contribution in [2.24, 2.45) is 11.7 Å². The fraction of sp³-hybridized carbons (Fsp3) is 0.600. The van der Waals surface area contributed by atoms with Crippen LogP contribution in [0.1, 0.15) is 26.0 Å². The van der Waals surface area contributed by atoms with Gasteiger partial charge >= 0.3 is 0 Å². The molecule has 1 rings (SSSR count). The highest BCUT2D eigenvalue weighted by Gasteiger charge is 2.16. The highest BCUT2D eigenvalue weighted by molar-refractivity contribution is 5.93. The lowest BCUT2D eigenvalue weighted by atomic mass is 10.0. The Bertz CT molecular complexity index is 333. The quantitative estimate of drug-likeness (QED) is 0.786. The number of nitrogens with zero attached hydrogens (tertiary/aromatic N) is 1. The lowest BCUT2D eigenvalue weighted by molar-refractivity contribution is -0.117. The summed E-state index contributed by atoms with van der Waals surface area (Å²) in [5.74, 6) is 0.499. The summed E-state index contributed by atoms with van der Waals surface area (Å²) in [6.45, 7) is 5.82. The highest BCUT2D eigenvalue weighted by Crippen LogP contribution is 2.10. The van der Waals surface area contributed by atoms with Gasteiger partial charge < -0.3 is 10.3 Å². The van der Waals surface area contributed by atoms with Crippen molar-refractivity contribution in [1.82, 2.24) is 5.16 Å². The molecular formula is C10H17N3O2. The zero-order chi connectivity index (χ0) is 11.4. The number of hydrogen-bond acceptors (Lipinski definition) is 4. The van der Waals surface area contributed by atoms with E-state index in [0.717, 1.165) is 5.69 Å². The third-order valence-electron chi connectivity index (χ3n) is 1.94. The van der Waals surface area contributed by atoms with Crippen LogP contribution in [0.3, 0.4) is 0 Å². The Labute approximate surface area is 89.0 Å². The molecule has 0 saturated heterocycles. The molecule has 84 valence electrons. The van der Waals surface area contributed by atoms with E-state index in [0.29, 0.717) is 18.2 Å². The maximum atomic E-state index is 11.5. The largest absolute Gasteiger partial charge is 0.338 e. The van der Waals surface area contributed by atoms with Crippen LogP contribution in [0.2, 0.25) is 0 Å². The number of rotatable bonds is 4. The number of hydrogen-bond donors (Lipinski definition) is 2. The molecule has 0 unspecified atom stereocenters. The third kappa shape index (κ3) is 3.71. The summed E-state index contributed by atoms with van der Waals surface area (Å²) < 4.78 is 4.85. The molecule has 15 heavy (non-hydrogen) atoms. The molecule has 0 aliphatic heterocycles. The monoisotopic (exact) mass is 211 g/mol. The van der Waals surface area contributed by atoms with Gasteiger partial charge in [-0.05, 0) is 19.3 Å². The number of carbonyl (C=O) groups excluding carboxylic acids is 1. The van der Waals surface area contributed by atoms with E-state index in [2.05, 4.69) is 10.5 Å².